The minimum absolute atomic E-state index is 0.0359. The molecular weight excluding hydrogens is 298 g/mol. The molecule has 24 heavy (non-hydrogen) atoms. The van der Waals surface area contributed by atoms with Gasteiger partial charge in [-0.25, -0.2) is 5.43 Å². The molecule has 1 aliphatic carbocycles. The van der Waals surface area contributed by atoms with Gasteiger partial charge in [0.2, 0.25) is 0 Å². The molecule has 0 aromatic heterocycles. The fourth-order valence-electron chi connectivity index (χ4n) is 3.59. The van der Waals surface area contributed by atoms with Gasteiger partial charge < -0.3 is 0 Å². The van der Waals surface area contributed by atoms with Crippen LogP contribution in [-0.4, -0.2) is 36.2 Å². The number of rotatable bonds is 3. The molecule has 0 radical (unpaired) electrons. The van der Waals surface area contributed by atoms with Gasteiger partial charge in [0.05, 0.1) is 12.3 Å². The summed E-state index contributed by atoms with van der Waals surface area (Å²) in [5.41, 5.74) is 8.13. The lowest BCUT2D eigenvalue weighted by molar-refractivity contribution is -0.122. The highest BCUT2D eigenvalue weighted by Gasteiger charge is 2.24. The monoisotopic (exact) mass is 319 g/mol. The number of hydrogen-bond donors (Lipinski definition) is 1. The summed E-state index contributed by atoms with van der Waals surface area (Å²) in [5, 5.41) is 4.46. The predicted octanol–water partition coefficient (Wildman–Crippen LogP) is 3.02. The van der Waals surface area contributed by atoms with E-state index in [4.69, 9.17) is 0 Å². The number of carbonyl (C=O) groups is 1. The zero-order valence-corrected chi connectivity index (χ0v) is 13.7. The highest BCUT2D eigenvalue weighted by Crippen LogP contribution is 2.36. The van der Waals surface area contributed by atoms with Crippen molar-refractivity contribution in [2.24, 2.45) is 5.10 Å². The maximum Gasteiger partial charge on any atom is 0.254 e. The van der Waals surface area contributed by atoms with Gasteiger partial charge in [-0.15, -0.1) is 0 Å². The zero-order valence-electron chi connectivity index (χ0n) is 13.7. The Balaban J connectivity index is 1.55. The Labute approximate surface area is 142 Å². The summed E-state index contributed by atoms with van der Waals surface area (Å²) in [6, 6.07) is 16.4. The quantitative estimate of drug-likeness (QED) is 0.754. The fraction of sp³-hybridized carbons (Fsp3) is 0.300. The average Bonchev–Trinajstić information content (AvgIpc) is 2.95. The molecule has 1 fully saturated rings. The van der Waals surface area contributed by atoms with Crippen LogP contribution in [0, 0.1) is 0 Å². The topological polar surface area (TPSA) is 44.7 Å². The van der Waals surface area contributed by atoms with Crippen molar-refractivity contribution in [2.75, 3.05) is 19.6 Å². The molecule has 1 N–H and O–H groups in total. The number of piperidine rings is 1. The molecule has 4 rings (SSSR count). The Kier molecular flexibility index (Phi) is 4.13. The van der Waals surface area contributed by atoms with Gasteiger partial charge in [0.15, 0.2) is 0 Å². The first-order valence-electron chi connectivity index (χ1n) is 8.61. The van der Waals surface area contributed by atoms with E-state index in [0.717, 1.165) is 29.9 Å². The van der Waals surface area contributed by atoms with Crippen LogP contribution in [0.3, 0.4) is 0 Å². The van der Waals surface area contributed by atoms with Crippen LogP contribution in [-0.2, 0) is 4.79 Å². The second kappa shape index (κ2) is 6.57. The van der Waals surface area contributed by atoms with Crippen LogP contribution in [0.4, 0.5) is 0 Å². The molecule has 0 spiro atoms. The molecule has 1 saturated heterocycles. The third-order valence-electron chi connectivity index (χ3n) is 4.76. The maximum absolute atomic E-state index is 12.2. The van der Waals surface area contributed by atoms with Crippen LogP contribution in [0.5, 0.6) is 0 Å². The van der Waals surface area contributed by atoms with Crippen LogP contribution in [0.1, 0.15) is 30.4 Å². The summed E-state index contributed by atoms with van der Waals surface area (Å²) in [6.45, 7) is 2.45. The van der Waals surface area contributed by atoms with Crippen molar-refractivity contribution in [2.45, 2.75) is 19.3 Å². The lowest BCUT2D eigenvalue weighted by atomic mass is 10.1. The summed E-state index contributed by atoms with van der Waals surface area (Å²) < 4.78 is 0. The SMILES string of the molecule is O=C(CN1CCCCC1)NN=C1c2ccccc2-c2ccccc21. The first-order chi connectivity index (χ1) is 11.8. The number of fused-ring (bicyclic) bond motifs is 3. The molecule has 0 bridgehead atoms. The van der Waals surface area contributed by atoms with Crippen molar-refractivity contribution in [3.63, 3.8) is 0 Å². The van der Waals surface area contributed by atoms with Crippen LogP contribution < -0.4 is 5.43 Å². The Morgan fingerprint density at radius 3 is 2.00 bits per heavy atom. The molecule has 4 heteroatoms. The summed E-state index contributed by atoms with van der Waals surface area (Å²) >= 11 is 0. The molecule has 2 aromatic carbocycles. The summed E-state index contributed by atoms with van der Waals surface area (Å²) in [5.74, 6) is -0.0359. The fourth-order valence-corrected chi connectivity index (χ4v) is 3.59. The molecular formula is C20H21N3O. The number of nitrogens with one attached hydrogen (secondary N) is 1. The third kappa shape index (κ3) is 2.85. The highest BCUT2D eigenvalue weighted by molar-refractivity contribution is 6.24. The molecule has 0 atom stereocenters. The van der Waals surface area contributed by atoms with E-state index in [0.29, 0.717) is 6.54 Å². The van der Waals surface area contributed by atoms with Crippen molar-refractivity contribution in [1.82, 2.24) is 10.3 Å². The van der Waals surface area contributed by atoms with Gasteiger partial charge in [0.1, 0.15) is 0 Å². The first-order valence-corrected chi connectivity index (χ1v) is 8.61. The zero-order chi connectivity index (χ0) is 16.4. The van der Waals surface area contributed by atoms with E-state index < -0.39 is 0 Å². The van der Waals surface area contributed by atoms with Crippen molar-refractivity contribution < 1.29 is 4.79 Å². The first kappa shape index (κ1) is 15.1. The minimum Gasteiger partial charge on any atom is -0.294 e. The van der Waals surface area contributed by atoms with E-state index in [1.54, 1.807) is 0 Å². The van der Waals surface area contributed by atoms with Crippen LogP contribution in [0.25, 0.3) is 11.1 Å². The Morgan fingerprint density at radius 1 is 0.875 bits per heavy atom. The predicted molar refractivity (Wildman–Crippen MR) is 96.0 cm³/mol. The minimum atomic E-state index is -0.0359. The molecule has 4 nitrogen and oxygen atoms in total. The van der Waals surface area contributed by atoms with Gasteiger partial charge in [-0.3, -0.25) is 9.69 Å². The van der Waals surface area contributed by atoms with E-state index in [9.17, 15) is 4.79 Å². The van der Waals surface area contributed by atoms with Crippen molar-refractivity contribution in [1.29, 1.82) is 0 Å². The van der Waals surface area contributed by atoms with Crippen LogP contribution >= 0.6 is 0 Å². The molecule has 1 amide bonds. The molecule has 2 aliphatic rings. The number of likely N-dealkylation sites (tertiary alicyclic amines) is 1. The molecule has 0 saturated carbocycles. The number of hydrogen-bond acceptors (Lipinski definition) is 3. The smallest absolute Gasteiger partial charge is 0.254 e. The number of carbonyl (C=O) groups excluding carboxylic acids is 1. The Morgan fingerprint density at radius 2 is 1.42 bits per heavy atom. The molecule has 122 valence electrons. The normalized spacial score (nSPS) is 16.4. The van der Waals surface area contributed by atoms with E-state index >= 15 is 0 Å². The summed E-state index contributed by atoms with van der Waals surface area (Å²) in [7, 11) is 0. The second-order valence-corrected chi connectivity index (χ2v) is 6.42. The molecule has 0 unspecified atom stereocenters. The lowest BCUT2D eigenvalue weighted by Gasteiger charge is -2.25. The van der Waals surface area contributed by atoms with Crippen molar-refractivity contribution >= 4 is 11.6 Å². The van der Waals surface area contributed by atoms with Gasteiger partial charge in [-0.05, 0) is 37.1 Å². The molecule has 1 aliphatic heterocycles. The Bertz CT molecular complexity index is 743. The van der Waals surface area contributed by atoms with Gasteiger partial charge in [-0.2, -0.15) is 5.10 Å². The Hall–Kier alpha value is -2.46. The highest BCUT2D eigenvalue weighted by atomic mass is 16.2. The van der Waals surface area contributed by atoms with Crippen LogP contribution in [0.15, 0.2) is 53.6 Å². The number of nitrogens with zero attached hydrogens (tertiary/aromatic N) is 2. The standard InChI is InChI=1S/C20H21N3O/c24-19(14-23-12-6-1-7-13-23)21-22-20-17-10-4-2-8-15(17)16-9-3-5-11-18(16)20/h2-5,8-11H,1,6-7,12-14H2,(H,21,24). The van der Waals surface area contributed by atoms with Gasteiger partial charge in [0, 0.05) is 11.1 Å². The van der Waals surface area contributed by atoms with Gasteiger partial charge in [-0.1, -0.05) is 55.0 Å². The summed E-state index contributed by atoms with van der Waals surface area (Å²) in [4.78, 5) is 14.4. The van der Waals surface area contributed by atoms with Crippen molar-refractivity contribution in [3.8, 4) is 11.1 Å². The van der Waals surface area contributed by atoms with E-state index in [1.807, 2.05) is 24.3 Å². The van der Waals surface area contributed by atoms with Gasteiger partial charge >= 0.3 is 0 Å². The van der Waals surface area contributed by atoms with Crippen LogP contribution in [0.2, 0.25) is 0 Å². The number of benzene rings is 2. The lowest BCUT2D eigenvalue weighted by Crippen LogP contribution is -2.38. The number of amides is 1. The third-order valence-corrected chi connectivity index (χ3v) is 4.76. The summed E-state index contributed by atoms with van der Waals surface area (Å²) in [6.07, 6.45) is 3.64. The molecule has 1 heterocycles. The van der Waals surface area contributed by atoms with E-state index in [2.05, 4.69) is 39.7 Å². The van der Waals surface area contributed by atoms with E-state index in [1.165, 1.54) is 30.4 Å². The largest absolute Gasteiger partial charge is 0.294 e. The second-order valence-electron chi connectivity index (χ2n) is 6.42. The van der Waals surface area contributed by atoms with Crippen molar-refractivity contribution in [3.05, 3.63) is 59.7 Å². The van der Waals surface area contributed by atoms with E-state index in [-0.39, 0.29) is 5.91 Å². The molecule has 2 aromatic rings. The van der Waals surface area contributed by atoms with Gasteiger partial charge in [0.25, 0.3) is 5.91 Å². The number of hydrazone groups is 1. The maximum atomic E-state index is 12.2. The average molecular weight is 319 g/mol.